The summed E-state index contributed by atoms with van der Waals surface area (Å²) in [6.07, 6.45) is 0.0770. The molecule has 8 heteroatoms. The number of aromatic nitrogens is 3. The first kappa shape index (κ1) is 23.7. The van der Waals surface area contributed by atoms with Crippen molar-refractivity contribution in [3.8, 4) is 28.6 Å². The first-order chi connectivity index (χ1) is 15.4. The van der Waals surface area contributed by atoms with Gasteiger partial charge in [0.05, 0.1) is 0 Å². The SMILES string of the molecule is CCc1cc(-c2noc(-c3cc(C)nc(N(CC)CC)c3)n2)cc(C)c1OCC(O)CN. The molecule has 0 saturated heterocycles. The fourth-order valence-corrected chi connectivity index (χ4v) is 3.63. The summed E-state index contributed by atoms with van der Waals surface area (Å²) in [6.45, 7) is 12.3. The molecular formula is C24H33N5O3. The van der Waals surface area contributed by atoms with Crippen molar-refractivity contribution in [1.82, 2.24) is 15.1 Å². The average molecular weight is 440 g/mol. The molecule has 2 heterocycles. The Hall–Kier alpha value is -2.97. The zero-order valence-corrected chi connectivity index (χ0v) is 19.6. The Morgan fingerprint density at radius 2 is 1.81 bits per heavy atom. The second kappa shape index (κ2) is 10.6. The molecule has 0 amide bonds. The van der Waals surface area contributed by atoms with Crippen molar-refractivity contribution < 1.29 is 14.4 Å². The first-order valence-electron chi connectivity index (χ1n) is 11.1. The monoisotopic (exact) mass is 439 g/mol. The van der Waals surface area contributed by atoms with Crippen LogP contribution < -0.4 is 15.4 Å². The van der Waals surface area contributed by atoms with Gasteiger partial charge >= 0.3 is 0 Å². The molecule has 0 saturated carbocycles. The summed E-state index contributed by atoms with van der Waals surface area (Å²) in [5, 5.41) is 14.0. The molecule has 0 fully saturated rings. The maximum atomic E-state index is 9.73. The number of anilines is 1. The number of pyridine rings is 1. The Bertz CT molecular complexity index is 1050. The zero-order valence-electron chi connectivity index (χ0n) is 19.6. The molecule has 8 nitrogen and oxygen atoms in total. The summed E-state index contributed by atoms with van der Waals surface area (Å²) in [5.41, 5.74) is 10.0. The minimum atomic E-state index is -0.691. The Labute approximate surface area is 189 Å². The predicted molar refractivity (Wildman–Crippen MR) is 126 cm³/mol. The molecule has 3 N–H and O–H groups in total. The van der Waals surface area contributed by atoms with E-state index in [1.807, 2.05) is 38.1 Å². The summed E-state index contributed by atoms with van der Waals surface area (Å²) in [5.74, 6) is 2.64. The van der Waals surface area contributed by atoms with Crippen LogP contribution in [0, 0.1) is 13.8 Å². The molecule has 172 valence electrons. The number of benzene rings is 1. The van der Waals surface area contributed by atoms with E-state index in [9.17, 15) is 5.11 Å². The summed E-state index contributed by atoms with van der Waals surface area (Å²) < 4.78 is 11.5. The van der Waals surface area contributed by atoms with Crippen LogP contribution in [0.2, 0.25) is 0 Å². The molecule has 0 aliphatic carbocycles. The lowest BCUT2D eigenvalue weighted by Crippen LogP contribution is -2.27. The lowest BCUT2D eigenvalue weighted by atomic mass is 10.0. The van der Waals surface area contributed by atoms with Crippen LogP contribution in [0.15, 0.2) is 28.8 Å². The quantitative estimate of drug-likeness (QED) is 0.494. The highest BCUT2D eigenvalue weighted by molar-refractivity contribution is 5.65. The van der Waals surface area contributed by atoms with Gasteiger partial charge in [-0.3, -0.25) is 0 Å². The first-order valence-corrected chi connectivity index (χ1v) is 11.1. The molecule has 3 aromatic rings. The molecule has 1 aromatic carbocycles. The number of nitrogens with zero attached hydrogens (tertiary/aromatic N) is 4. The number of aliphatic hydroxyl groups is 1. The third-order valence-corrected chi connectivity index (χ3v) is 5.38. The second-order valence-corrected chi connectivity index (χ2v) is 7.79. The van der Waals surface area contributed by atoms with E-state index in [0.29, 0.717) is 11.7 Å². The van der Waals surface area contributed by atoms with Crippen LogP contribution in [-0.2, 0) is 6.42 Å². The standard InChI is InChI=1S/C24H33N5O3/c1-6-17-11-18(9-15(4)22(17)31-14-20(30)13-25)23-27-24(32-28-23)19-10-16(5)26-21(12-19)29(7-2)8-3/h9-12,20,30H,6-8,13-14,25H2,1-5H3. The van der Waals surface area contributed by atoms with Gasteiger partial charge in [-0.25, -0.2) is 4.98 Å². The molecule has 1 unspecified atom stereocenters. The maximum Gasteiger partial charge on any atom is 0.258 e. The van der Waals surface area contributed by atoms with Gasteiger partial charge in [0.15, 0.2) is 0 Å². The van der Waals surface area contributed by atoms with Gasteiger partial charge in [0.2, 0.25) is 5.82 Å². The Balaban J connectivity index is 1.92. The highest BCUT2D eigenvalue weighted by atomic mass is 16.5. The second-order valence-electron chi connectivity index (χ2n) is 7.79. The number of hydrogen-bond donors (Lipinski definition) is 2. The minimum absolute atomic E-state index is 0.159. The van der Waals surface area contributed by atoms with Gasteiger partial charge in [-0.15, -0.1) is 0 Å². The summed E-state index contributed by atoms with van der Waals surface area (Å²) in [6, 6.07) is 7.91. The number of rotatable bonds is 10. The van der Waals surface area contributed by atoms with Crippen molar-refractivity contribution in [1.29, 1.82) is 0 Å². The zero-order chi connectivity index (χ0) is 23.3. The van der Waals surface area contributed by atoms with E-state index < -0.39 is 6.10 Å². The van der Waals surface area contributed by atoms with Crippen molar-refractivity contribution in [2.75, 3.05) is 31.1 Å². The lowest BCUT2D eigenvalue weighted by molar-refractivity contribution is 0.113. The third kappa shape index (κ3) is 5.26. The Morgan fingerprint density at radius 1 is 1.06 bits per heavy atom. The van der Waals surface area contributed by atoms with E-state index in [1.54, 1.807) is 0 Å². The van der Waals surface area contributed by atoms with Gasteiger partial charge in [-0.1, -0.05) is 12.1 Å². The van der Waals surface area contributed by atoms with Crippen molar-refractivity contribution in [3.63, 3.8) is 0 Å². The normalized spacial score (nSPS) is 12.1. The molecule has 0 aliphatic rings. The van der Waals surface area contributed by atoms with Crippen molar-refractivity contribution in [2.24, 2.45) is 5.73 Å². The summed E-state index contributed by atoms with van der Waals surface area (Å²) in [4.78, 5) is 11.5. The molecule has 3 rings (SSSR count). The van der Waals surface area contributed by atoms with E-state index in [4.69, 9.17) is 15.0 Å². The number of ether oxygens (including phenoxy) is 1. The number of aryl methyl sites for hydroxylation is 3. The minimum Gasteiger partial charge on any atom is -0.490 e. The highest BCUT2D eigenvalue weighted by Crippen LogP contribution is 2.32. The van der Waals surface area contributed by atoms with E-state index in [0.717, 1.165) is 59.0 Å². The maximum absolute atomic E-state index is 9.73. The molecule has 32 heavy (non-hydrogen) atoms. The fraction of sp³-hybridized carbons (Fsp3) is 0.458. The summed E-state index contributed by atoms with van der Waals surface area (Å²) in [7, 11) is 0. The topological polar surface area (TPSA) is 111 Å². The van der Waals surface area contributed by atoms with Gasteiger partial charge in [-0.05, 0) is 69.5 Å². The van der Waals surface area contributed by atoms with Crippen LogP contribution in [0.25, 0.3) is 22.8 Å². The van der Waals surface area contributed by atoms with E-state index >= 15 is 0 Å². The molecule has 0 spiro atoms. The molecule has 0 radical (unpaired) electrons. The smallest absolute Gasteiger partial charge is 0.258 e. The van der Waals surface area contributed by atoms with Crippen molar-refractivity contribution in [3.05, 3.63) is 41.1 Å². The highest BCUT2D eigenvalue weighted by Gasteiger charge is 2.17. The van der Waals surface area contributed by atoms with Gasteiger partial charge in [-0.2, -0.15) is 4.98 Å². The van der Waals surface area contributed by atoms with Crippen LogP contribution in [0.5, 0.6) is 5.75 Å². The van der Waals surface area contributed by atoms with Crippen LogP contribution in [-0.4, -0.2) is 52.6 Å². The van der Waals surface area contributed by atoms with Gasteiger partial charge < -0.3 is 25.0 Å². The van der Waals surface area contributed by atoms with Crippen molar-refractivity contribution in [2.45, 2.75) is 47.1 Å². The van der Waals surface area contributed by atoms with Crippen LogP contribution in [0.3, 0.4) is 0 Å². The van der Waals surface area contributed by atoms with Gasteiger partial charge in [0, 0.05) is 36.5 Å². The molecule has 0 aliphatic heterocycles. The van der Waals surface area contributed by atoms with Crippen LogP contribution in [0.1, 0.15) is 37.6 Å². The van der Waals surface area contributed by atoms with Gasteiger partial charge in [0.1, 0.15) is 24.3 Å². The van der Waals surface area contributed by atoms with Crippen molar-refractivity contribution >= 4 is 5.82 Å². The Morgan fingerprint density at radius 3 is 2.47 bits per heavy atom. The number of nitrogens with two attached hydrogens (primary N) is 1. The summed E-state index contributed by atoms with van der Waals surface area (Å²) >= 11 is 0. The van der Waals surface area contributed by atoms with Gasteiger partial charge in [0.25, 0.3) is 5.89 Å². The fourth-order valence-electron chi connectivity index (χ4n) is 3.63. The molecule has 0 bridgehead atoms. The number of hydrogen-bond acceptors (Lipinski definition) is 8. The Kier molecular flexibility index (Phi) is 7.82. The molecular weight excluding hydrogens is 406 g/mol. The average Bonchev–Trinajstić information content (AvgIpc) is 3.28. The molecule has 1 atom stereocenters. The molecule has 2 aromatic heterocycles. The van der Waals surface area contributed by atoms with E-state index in [1.165, 1.54) is 0 Å². The van der Waals surface area contributed by atoms with E-state index in [2.05, 4.69) is 40.8 Å². The largest absolute Gasteiger partial charge is 0.490 e. The van der Waals surface area contributed by atoms with Crippen LogP contribution in [0.4, 0.5) is 5.82 Å². The van der Waals surface area contributed by atoms with Crippen LogP contribution >= 0.6 is 0 Å². The third-order valence-electron chi connectivity index (χ3n) is 5.38. The van der Waals surface area contributed by atoms with E-state index in [-0.39, 0.29) is 13.2 Å². The number of aliphatic hydroxyl groups excluding tert-OH is 1. The predicted octanol–water partition coefficient (Wildman–Crippen LogP) is 3.52. The lowest BCUT2D eigenvalue weighted by Gasteiger charge is -2.20.